The molecule has 0 bridgehead atoms. The van der Waals surface area contributed by atoms with Crippen LogP contribution in [0.2, 0.25) is 0 Å². The van der Waals surface area contributed by atoms with Gasteiger partial charge in [-0.15, -0.1) is 0 Å². The summed E-state index contributed by atoms with van der Waals surface area (Å²) in [6.45, 7) is 0.846. The Labute approximate surface area is 117 Å². The number of benzene rings is 1. The van der Waals surface area contributed by atoms with Gasteiger partial charge >= 0.3 is 0 Å². The molecule has 1 saturated heterocycles. The highest BCUT2D eigenvalue weighted by atomic mass is 32.2. The lowest BCUT2D eigenvalue weighted by Crippen LogP contribution is -2.44. The van der Waals surface area contributed by atoms with Crippen LogP contribution in [0.15, 0.2) is 24.3 Å². The first-order valence-electron chi connectivity index (χ1n) is 6.33. The van der Waals surface area contributed by atoms with E-state index in [0.717, 1.165) is 12.8 Å². The average Bonchev–Trinajstić information content (AvgIpc) is 2.38. The Balaban J connectivity index is 2.12. The van der Waals surface area contributed by atoms with Crippen molar-refractivity contribution in [2.75, 3.05) is 24.7 Å². The second kappa shape index (κ2) is 5.76. The smallest absolute Gasteiger partial charge is 0.292 e. The summed E-state index contributed by atoms with van der Waals surface area (Å²) in [4.78, 5) is 10.5. The predicted molar refractivity (Wildman–Crippen MR) is 76.2 cm³/mol. The standard InChI is InChI=1S/C12H17N3O4S/c1-20(18,19)14-8-4-5-10(9-14)13-11-6-2-3-7-12(11)15(16)17/h2-3,6-7,10,13H,4-5,8-9H2,1H3. The largest absolute Gasteiger partial charge is 0.375 e. The molecule has 1 aromatic carbocycles. The SMILES string of the molecule is CS(=O)(=O)N1CCCC(Nc2ccccc2[N+](=O)[O-])C1. The lowest BCUT2D eigenvalue weighted by molar-refractivity contribution is -0.384. The van der Waals surface area contributed by atoms with Crippen LogP contribution in [0.3, 0.4) is 0 Å². The van der Waals surface area contributed by atoms with Crippen LogP contribution in [0.1, 0.15) is 12.8 Å². The Morgan fingerprint density at radius 2 is 2.10 bits per heavy atom. The summed E-state index contributed by atoms with van der Waals surface area (Å²) in [7, 11) is -3.22. The maximum atomic E-state index is 11.5. The lowest BCUT2D eigenvalue weighted by atomic mass is 10.1. The molecule has 0 spiro atoms. The molecule has 0 aromatic heterocycles. The molecular weight excluding hydrogens is 282 g/mol. The molecule has 110 valence electrons. The molecule has 1 fully saturated rings. The summed E-state index contributed by atoms with van der Waals surface area (Å²) in [6.07, 6.45) is 2.71. The van der Waals surface area contributed by atoms with Crippen LogP contribution in [-0.4, -0.2) is 43.0 Å². The number of nitro groups is 1. The van der Waals surface area contributed by atoms with Gasteiger partial charge in [0.25, 0.3) is 5.69 Å². The summed E-state index contributed by atoms with van der Waals surface area (Å²) in [5, 5.41) is 14.0. The van der Waals surface area contributed by atoms with Gasteiger partial charge in [-0.05, 0) is 18.9 Å². The molecule has 0 saturated carbocycles. The second-order valence-corrected chi connectivity index (χ2v) is 6.86. The quantitative estimate of drug-likeness (QED) is 0.670. The first-order chi connectivity index (χ1) is 9.38. The van der Waals surface area contributed by atoms with Gasteiger partial charge in [-0.3, -0.25) is 10.1 Å². The maximum Gasteiger partial charge on any atom is 0.292 e. The molecule has 1 aliphatic heterocycles. The van der Waals surface area contributed by atoms with Gasteiger partial charge in [0.1, 0.15) is 5.69 Å². The van der Waals surface area contributed by atoms with Crippen LogP contribution in [0.4, 0.5) is 11.4 Å². The van der Waals surface area contributed by atoms with Gasteiger partial charge in [0.05, 0.1) is 11.2 Å². The molecule has 2 rings (SSSR count). The summed E-state index contributed by atoms with van der Waals surface area (Å²) in [6, 6.07) is 6.27. The zero-order chi connectivity index (χ0) is 14.8. The fraction of sp³-hybridized carbons (Fsp3) is 0.500. The van der Waals surface area contributed by atoms with E-state index >= 15 is 0 Å². The van der Waals surface area contributed by atoms with Gasteiger partial charge in [0.2, 0.25) is 10.0 Å². The first-order valence-corrected chi connectivity index (χ1v) is 8.18. The molecule has 1 aromatic rings. The molecule has 1 unspecified atom stereocenters. The van der Waals surface area contributed by atoms with Gasteiger partial charge in [-0.2, -0.15) is 0 Å². The van der Waals surface area contributed by atoms with E-state index in [-0.39, 0.29) is 11.7 Å². The van der Waals surface area contributed by atoms with Crippen molar-refractivity contribution in [3.05, 3.63) is 34.4 Å². The first kappa shape index (κ1) is 14.7. The lowest BCUT2D eigenvalue weighted by Gasteiger charge is -2.31. The molecule has 8 heteroatoms. The van der Waals surface area contributed by atoms with E-state index in [2.05, 4.69) is 5.32 Å². The van der Waals surface area contributed by atoms with Crippen molar-refractivity contribution in [1.82, 2.24) is 4.31 Å². The maximum absolute atomic E-state index is 11.5. The zero-order valence-electron chi connectivity index (χ0n) is 11.2. The number of sulfonamides is 1. The van der Waals surface area contributed by atoms with Crippen LogP contribution in [0.25, 0.3) is 0 Å². The van der Waals surface area contributed by atoms with E-state index in [1.54, 1.807) is 18.2 Å². The molecule has 20 heavy (non-hydrogen) atoms. The van der Waals surface area contributed by atoms with Gasteiger partial charge in [-0.25, -0.2) is 12.7 Å². The zero-order valence-corrected chi connectivity index (χ0v) is 12.0. The van der Waals surface area contributed by atoms with Crippen molar-refractivity contribution < 1.29 is 13.3 Å². The minimum absolute atomic E-state index is 0.00368. The Morgan fingerprint density at radius 1 is 1.40 bits per heavy atom. The van der Waals surface area contributed by atoms with Crippen molar-refractivity contribution in [3.63, 3.8) is 0 Å². The van der Waals surface area contributed by atoms with Crippen molar-refractivity contribution in [3.8, 4) is 0 Å². The molecule has 1 aliphatic rings. The van der Waals surface area contributed by atoms with Crippen molar-refractivity contribution in [2.45, 2.75) is 18.9 Å². The molecule has 0 aliphatic carbocycles. The van der Waals surface area contributed by atoms with E-state index in [4.69, 9.17) is 0 Å². The van der Waals surface area contributed by atoms with Gasteiger partial charge in [0, 0.05) is 25.2 Å². The number of rotatable bonds is 4. The Morgan fingerprint density at radius 3 is 2.75 bits per heavy atom. The van der Waals surface area contributed by atoms with Crippen LogP contribution in [0, 0.1) is 10.1 Å². The summed E-state index contributed by atoms with van der Waals surface area (Å²) in [5.74, 6) is 0. The Kier molecular flexibility index (Phi) is 4.24. The Bertz CT molecular complexity index is 602. The number of anilines is 1. The van der Waals surface area contributed by atoms with Crippen LogP contribution < -0.4 is 5.32 Å². The molecule has 1 atom stereocenters. The number of nitro benzene ring substituents is 1. The number of hydrogen-bond donors (Lipinski definition) is 1. The summed E-state index contributed by atoms with van der Waals surface area (Å²) in [5.41, 5.74) is 0.432. The number of para-hydroxylation sites is 2. The van der Waals surface area contributed by atoms with E-state index in [1.165, 1.54) is 16.6 Å². The predicted octanol–water partition coefficient (Wildman–Crippen LogP) is 1.43. The van der Waals surface area contributed by atoms with Gasteiger partial charge in [0.15, 0.2) is 0 Å². The number of nitrogens with one attached hydrogen (secondary N) is 1. The topological polar surface area (TPSA) is 92.6 Å². The molecule has 7 nitrogen and oxygen atoms in total. The summed E-state index contributed by atoms with van der Waals surface area (Å²) < 4.78 is 24.5. The van der Waals surface area contributed by atoms with E-state index in [0.29, 0.717) is 18.8 Å². The van der Waals surface area contributed by atoms with Crippen molar-refractivity contribution in [2.24, 2.45) is 0 Å². The average molecular weight is 299 g/mol. The fourth-order valence-electron chi connectivity index (χ4n) is 2.34. The second-order valence-electron chi connectivity index (χ2n) is 4.88. The third-order valence-electron chi connectivity index (χ3n) is 3.31. The van der Waals surface area contributed by atoms with E-state index in [9.17, 15) is 18.5 Å². The third-order valence-corrected chi connectivity index (χ3v) is 4.58. The van der Waals surface area contributed by atoms with Gasteiger partial charge in [-0.1, -0.05) is 12.1 Å². The minimum atomic E-state index is -3.22. The molecule has 1 heterocycles. The van der Waals surface area contributed by atoms with Crippen LogP contribution in [0.5, 0.6) is 0 Å². The van der Waals surface area contributed by atoms with Crippen molar-refractivity contribution >= 4 is 21.4 Å². The van der Waals surface area contributed by atoms with Gasteiger partial charge < -0.3 is 5.32 Å². The number of nitrogens with zero attached hydrogens (tertiary/aromatic N) is 2. The molecule has 1 N–H and O–H groups in total. The highest BCUT2D eigenvalue weighted by molar-refractivity contribution is 7.88. The van der Waals surface area contributed by atoms with E-state index < -0.39 is 14.9 Å². The molecule has 0 radical (unpaired) electrons. The van der Waals surface area contributed by atoms with Crippen molar-refractivity contribution in [1.29, 1.82) is 0 Å². The molecular formula is C12H17N3O4S. The Hall–Kier alpha value is -1.67. The molecule has 0 amide bonds. The summed E-state index contributed by atoms with van der Waals surface area (Å²) >= 11 is 0. The fourth-order valence-corrected chi connectivity index (χ4v) is 3.25. The number of hydrogen-bond acceptors (Lipinski definition) is 5. The minimum Gasteiger partial charge on any atom is -0.375 e. The highest BCUT2D eigenvalue weighted by Crippen LogP contribution is 2.26. The third kappa shape index (κ3) is 3.45. The van der Waals surface area contributed by atoms with E-state index in [1.807, 2.05) is 0 Å². The number of piperidine rings is 1. The van der Waals surface area contributed by atoms with Crippen LogP contribution in [-0.2, 0) is 10.0 Å². The normalized spacial score (nSPS) is 20.6. The van der Waals surface area contributed by atoms with Crippen LogP contribution >= 0.6 is 0 Å². The monoisotopic (exact) mass is 299 g/mol. The highest BCUT2D eigenvalue weighted by Gasteiger charge is 2.27.